The fraction of sp³-hybridized carbons (Fsp3) is 0.625. The van der Waals surface area contributed by atoms with Gasteiger partial charge in [0.1, 0.15) is 10.6 Å². The summed E-state index contributed by atoms with van der Waals surface area (Å²) >= 11 is 1.72. The van der Waals surface area contributed by atoms with Gasteiger partial charge in [-0.2, -0.15) is 4.98 Å². The predicted octanol–water partition coefficient (Wildman–Crippen LogP) is 4.22. The van der Waals surface area contributed by atoms with Crippen molar-refractivity contribution < 1.29 is 0 Å². The number of nitrogens with two attached hydrogens (primary N) is 1. The Bertz CT molecular complexity index is 647. The zero-order valence-electron chi connectivity index (χ0n) is 13.1. The third-order valence-electron chi connectivity index (χ3n) is 4.63. The molecule has 1 fully saturated rings. The van der Waals surface area contributed by atoms with E-state index in [1.54, 1.807) is 11.3 Å². The molecule has 1 unspecified atom stereocenters. The molecule has 1 saturated carbocycles. The first-order valence-corrected chi connectivity index (χ1v) is 8.64. The third-order valence-corrected chi connectivity index (χ3v) is 5.80. The summed E-state index contributed by atoms with van der Waals surface area (Å²) in [7, 11) is 0. The van der Waals surface area contributed by atoms with E-state index in [1.165, 1.54) is 30.6 Å². The summed E-state index contributed by atoms with van der Waals surface area (Å²) < 4.78 is 0. The van der Waals surface area contributed by atoms with E-state index in [1.807, 2.05) is 0 Å². The van der Waals surface area contributed by atoms with Crippen LogP contribution in [0.25, 0.3) is 10.2 Å². The molecule has 0 spiro atoms. The third kappa shape index (κ3) is 2.84. The first kappa shape index (κ1) is 14.6. The van der Waals surface area contributed by atoms with Gasteiger partial charge in [-0.3, -0.25) is 0 Å². The monoisotopic (exact) mass is 304 g/mol. The van der Waals surface area contributed by atoms with Gasteiger partial charge in [0.25, 0.3) is 0 Å². The van der Waals surface area contributed by atoms with Crippen molar-refractivity contribution >= 4 is 33.3 Å². The molecule has 2 aromatic rings. The van der Waals surface area contributed by atoms with Crippen LogP contribution in [0.3, 0.4) is 0 Å². The van der Waals surface area contributed by atoms with Gasteiger partial charge < -0.3 is 11.1 Å². The summed E-state index contributed by atoms with van der Waals surface area (Å²) in [6.45, 7) is 6.85. The largest absolute Gasteiger partial charge is 0.368 e. The molecule has 0 aromatic carbocycles. The quantitative estimate of drug-likeness (QED) is 0.891. The molecule has 4 nitrogen and oxygen atoms in total. The van der Waals surface area contributed by atoms with Gasteiger partial charge >= 0.3 is 0 Å². The first-order chi connectivity index (χ1) is 9.99. The number of thiophene rings is 1. The second-order valence-corrected chi connectivity index (χ2v) is 7.76. The Hall–Kier alpha value is -1.36. The van der Waals surface area contributed by atoms with Crippen molar-refractivity contribution in [2.24, 2.45) is 5.41 Å². The van der Waals surface area contributed by atoms with Crippen molar-refractivity contribution in [1.29, 1.82) is 0 Å². The van der Waals surface area contributed by atoms with Crippen LogP contribution in [0.5, 0.6) is 0 Å². The van der Waals surface area contributed by atoms with Crippen molar-refractivity contribution in [3.05, 3.63) is 10.9 Å². The standard InChI is InChI=1S/C16H24N4S/c1-4-10-9-11-13(19-15(17)20-14(11)21-10)18-12-7-5-6-8-16(12,2)3/h9,12H,4-8H2,1-3H3,(H3,17,18,19,20). The summed E-state index contributed by atoms with van der Waals surface area (Å²) in [4.78, 5) is 11.2. The summed E-state index contributed by atoms with van der Waals surface area (Å²) in [6.07, 6.45) is 6.09. The summed E-state index contributed by atoms with van der Waals surface area (Å²) in [6, 6.07) is 2.66. The number of aromatic nitrogens is 2. The number of hydrogen-bond acceptors (Lipinski definition) is 5. The van der Waals surface area contributed by atoms with Crippen molar-refractivity contribution in [3.63, 3.8) is 0 Å². The van der Waals surface area contributed by atoms with Crippen LogP contribution >= 0.6 is 11.3 Å². The van der Waals surface area contributed by atoms with E-state index >= 15 is 0 Å². The van der Waals surface area contributed by atoms with Crippen LogP contribution in [0, 0.1) is 5.41 Å². The molecule has 1 aliphatic carbocycles. The molecule has 0 bridgehead atoms. The van der Waals surface area contributed by atoms with Gasteiger partial charge in [-0.25, -0.2) is 4.98 Å². The van der Waals surface area contributed by atoms with E-state index in [0.29, 0.717) is 17.4 Å². The molecule has 3 rings (SSSR count). The highest BCUT2D eigenvalue weighted by molar-refractivity contribution is 7.18. The Morgan fingerprint density at radius 1 is 1.38 bits per heavy atom. The molecule has 3 N–H and O–H groups in total. The molecule has 21 heavy (non-hydrogen) atoms. The zero-order chi connectivity index (χ0) is 15.0. The summed E-state index contributed by atoms with van der Waals surface area (Å²) in [5.74, 6) is 1.27. The average molecular weight is 304 g/mol. The van der Waals surface area contributed by atoms with Crippen LogP contribution in [0.4, 0.5) is 11.8 Å². The minimum atomic E-state index is 0.299. The number of anilines is 2. The van der Waals surface area contributed by atoms with E-state index in [0.717, 1.165) is 22.5 Å². The van der Waals surface area contributed by atoms with Crippen LogP contribution in [-0.4, -0.2) is 16.0 Å². The number of rotatable bonds is 3. The van der Waals surface area contributed by atoms with Crippen LogP contribution < -0.4 is 11.1 Å². The van der Waals surface area contributed by atoms with Crippen molar-refractivity contribution in [2.75, 3.05) is 11.1 Å². The highest BCUT2D eigenvalue weighted by atomic mass is 32.1. The second-order valence-electron chi connectivity index (χ2n) is 6.65. The lowest BCUT2D eigenvalue weighted by Crippen LogP contribution is -2.39. The van der Waals surface area contributed by atoms with Crippen LogP contribution in [0.1, 0.15) is 51.3 Å². The fourth-order valence-electron chi connectivity index (χ4n) is 3.20. The summed E-state index contributed by atoms with van der Waals surface area (Å²) in [5, 5.41) is 4.79. The highest BCUT2D eigenvalue weighted by Crippen LogP contribution is 2.38. The van der Waals surface area contributed by atoms with Crippen LogP contribution in [-0.2, 0) is 6.42 Å². The van der Waals surface area contributed by atoms with Gasteiger partial charge in [0.05, 0.1) is 5.39 Å². The van der Waals surface area contributed by atoms with E-state index in [2.05, 4.69) is 42.1 Å². The molecule has 5 heteroatoms. The van der Waals surface area contributed by atoms with Crippen LogP contribution in [0.2, 0.25) is 0 Å². The Labute approximate surface area is 130 Å². The van der Waals surface area contributed by atoms with E-state index in [-0.39, 0.29) is 0 Å². The van der Waals surface area contributed by atoms with Gasteiger partial charge in [0, 0.05) is 10.9 Å². The van der Waals surface area contributed by atoms with Crippen molar-refractivity contribution in [1.82, 2.24) is 9.97 Å². The number of nitrogens with zero attached hydrogens (tertiary/aromatic N) is 2. The molecule has 0 amide bonds. The maximum absolute atomic E-state index is 5.89. The molecule has 0 aliphatic heterocycles. The molecule has 0 radical (unpaired) electrons. The lowest BCUT2D eigenvalue weighted by molar-refractivity contribution is 0.217. The van der Waals surface area contributed by atoms with Gasteiger partial charge in [-0.05, 0) is 30.7 Å². The smallest absolute Gasteiger partial charge is 0.223 e. The second kappa shape index (κ2) is 5.44. The van der Waals surface area contributed by atoms with Gasteiger partial charge in [-0.15, -0.1) is 11.3 Å². The first-order valence-electron chi connectivity index (χ1n) is 7.82. The Kier molecular flexibility index (Phi) is 3.78. The van der Waals surface area contributed by atoms with Crippen molar-refractivity contribution in [3.8, 4) is 0 Å². The van der Waals surface area contributed by atoms with E-state index < -0.39 is 0 Å². The maximum Gasteiger partial charge on any atom is 0.223 e. The number of nitrogens with one attached hydrogen (secondary N) is 1. The Morgan fingerprint density at radius 2 is 2.19 bits per heavy atom. The fourth-order valence-corrected chi connectivity index (χ4v) is 4.17. The Morgan fingerprint density at radius 3 is 2.90 bits per heavy atom. The molecular weight excluding hydrogens is 280 g/mol. The number of hydrogen-bond donors (Lipinski definition) is 2. The SMILES string of the molecule is CCc1cc2c(NC3CCCCC3(C)C)nc(N)nc2s1. The molecule has 2 heterocycles. The topological polar surface area (TPSA) is 63.8 Å². The van der Waals surface area contributed by atoms with E-state index in [4.69, 9.17) is 5.73 Å². The molecule has 0 saturated heterocycles. The molecule has 2 aromatic heterocycles. The van der Waals surface area contributed by atoms with Gasteiger partial charge in [0.2, 0.25) is 5.95 Å². The highest BCUT2D eigenvalue weighted by Gasteiger charge is 2.32. The number of nitrogen functional groups attached to an aromatic ring is 1. The molecule has 114 valence electrons. The maximum atomic E-state index is 5.89. The lowest BCUT2D eigenvalue weighted by atomic mass is 9.73. The molecule has 1 aliphatic rings. The van der Waals surface area contributed by atoms with Gasteiger partial charge in [0.15, 0.2) is 0 Å². The van der Waals surface area contributed by atoms with Gasteiger partial charge in [-0.1, -0.05) is 33.6 Å². The predicted molar refractivity (Wildman–Crippen MR) is 90.9 cm³/mol. The lowest BCUT2D eigenvalue weighted by Gasteiger charge is -2.39. The minimum absolute atomic E-state index is 0.299. The minimum Gasteiger partial charge on any atom is -0.368 e. The van der Waals surface area contributed by atoms with E-state index in [9.17, 15) is 0 Å². The number of aryl methyl sites for hydroxylation is 1. The normalized spacial score (nSPS) is 21.6. The average Bonchev–Trinajstić information content (AvgIpc) is 2.84. The zero-order valence-corrected chi connectivity index (χ0v) is 13.9. The number of fused-ring (bicyclic) bond motifs is 1. The van der Waals surface area contributed by atoms with Crippen molar-refractivity contribution in [2.45, 2.75) is 58.9 Å². The Balaban J connectivity index is 1.97. The molecule has 1 atom stereocenters. The molecular formula is C16H24N4S. The summed E-state index contributed by atoms with van der Waals surface area (Å²) in [5.41, 5.74) is 6.19. The van der Waals surface area contributed by atoms with Crippen LogP contribution in [0.15, 0.2) is 6.07 Å².